The second-order valence-corrected chi connectivity index (χ2v) is 7.46. The molecule has 3 rings (SSSR count). The van der Waals surface area contributed by atoms with Gasteiger partial charge in [0.15, 0.2) is 5.78 Å². The summed E-state index contributed by atoms with van der Waals surface area (Å²) in [7, 11) is -4.03. The molecule has 0 aromatic heterocycles. The Hall–Kier alpha value is -2.99. The SMILES string of the molecule is Cc1ccc(S(=O)(=O)Nc2c(F)cccc2C(=O)c2ccccc2)cc1. The summed E-state index contributed by atoms with van der Waals surface area (Å²) >= 11 is 0. The summed E-state index contributed by atoms with van der Waals surface area (Å²) in [5, 5.41) is 0. The van der Waals surface area contributed by atoms with E-state index in [1.54, 1.807) is 42.5 Å². The molecular weight excluding hydrogens is 353 g/mol. The van der Waals surface area contributed by atoms with Crippen LogP contribution in [-0.4, -0.2) is 14.2 Å². The molecule has 26 heavy (non-hydrogen) atoms. The van der Waals surface area contributed by atoms with E-state index in [2.05, 4.69) is 4.72 Å². The number of benzene rings is 3. The first-order chi connectivity index (χ1) is 12.4. The molecule has 0 bridgehead atoms. The molecule has 0 unspecified atom stereocenters. The number of nitrogens with one attached hydrogen (secondary N) is 1. The Morgan fingerprint density at radius 3 is 2.19 bits per heavy atom. The van der Waals surface area contributed by atoms with Gasteiger partial charge >= 0.3 is 0 Å². The standard InChI is InChI=1S/C20H16FNO3S/c1-14-10-12-16(13-11-14)26(24,25)22-19-17(8-5-9-18(19)21)20(23)15-6-3-2-4-7-15/h2-13,22H,1H3. The zero-order chi connectivity index (χ0) is 18.7. The second kappa shape index (κ2) is 7.09. The van der Waals surface area contributed by atoms with E-state index in [0.29, 0.717) is 5.56 Å². The molecular formula is C20H16FNO3S. The van der Waals surface area contributed by atoms with Crippen molar-refractivity contribution in [2.45, 2.75) is 11.8 Å². The lowest BCUT2D eigenvalue weighted by atomic mass is 10.0. The number of halogens is 1. The Morgan fingerprint density at radius 1 is 0.885 bits per heavy atom. The van der Waals surface area contributed by atoms with Crippen LogP contribution in [0.1, 0.15) is 21.5 Å². The van der Waals surface area contributed by atoms with E-state index in [4.69, 9.17) is 0 Å². The highest BCUT2D eigenvalue weighted by Crippen LogP contribution is 2.26. The van der Waals surface area contributed by atoms with Crippen LogP contribution in [0, 0.1) is 12.7 Å². The van der Waals surface area contributed by atoms with E-state index in [9.17, 15) is 17.6 Å². The molecule has 0 aliphatic heterocycles. The maximum absolute atomic E-state index is 14.4. The van der Waals surface area contributed by atoms with Crippen molar-refractivity contribution in [2.24, 2.45) is 0 Å². The average molecular weight is 369 g/mol. The van der Waals surface area contributed by atoms with Crippen molar-refractivity contribution in [1.29, 1.82) is 0 Å². The van der Waals surface area contributed by atoms with Crippen molar-refractivity contribution in [3.63, 3.8) is 0 Å². The lowest BCUT2D eigenvalue weighted by Gasteiger charge is -2.13. The van der Waals surface area contributed by atoms with E-state index < -0.39 is 21.6 Å². The summed E-state index contributed by atoms with van der Waals surface area (Å²) in [6.07, 6.45) is 0. The third-order valence-electron chi connectivity index (χ3n) is 3.86. The zero-order valence-electron chi connectivity index (χ0n) is 13.9. The molecule has 3 aromatic rings. The van der Waals surface area contributed by atoms with Gasteiger partial charge in [-0.25, -0.2) is 12.8 Å². The van der Waals surface area contributed by atoms with Gasteiger partial charge in [-0.15, -0.1) is 0 Å². The van der Waals surface area contributed by atoms with Crippen molar-refractivity contribution in [3.8, 4) is 0 Å². The second-order valence-electron chi connectivity index (χ2n) is 5.78. The summed E-state index contributed by atoms with van der Waals surface area (Å²) in [5.41, 5.74) is 0.831. The first kappa shape index (κ1) is 17.8. The number of carbonyl (C=O) groups is 1. The van der Waals surface area contributed by atoms with Gasteiger partial charge in [0.05, 0.1) is 10.6 Å². The number of hydrogen-bond acceptors (Lipinski definition) is 3. The molecule has 3 aromatic carbocycles. The fraction of sp³-hybridized carbons (Fsp3) is 0.0500. The monoisotopic (exact) mass is 369 g/mol. The quantitative estimate of drug-likeness (QED) is 0.687. The minimum Gasteiger partial charge on any atom is -0.289 e. The van der Waals surface area contributed by atoms with Crippen molar-refractivity contribution in [3.05, 3.63) is 95.3 Å². The molecule has 0 aliphatic carbocycles. The van der Waals surface area contributed by atoms with Crippen LogP contribution >= 0.6 is 0 Å². The molecule has 0 amide bonds. The van der Waals surface area contributed by atoms with Gasteiger partial charge in [-0.05, 0) is 31.2 Å². The van der Waals surface area contributed by atoms with Gasteiger partial charge in [0.2, 0.25) is 0 Å². The predicted octanol–water partition coefficient (Wildman–Crippen LogP) is 4.17. The third kappa shape index (κ3) is 3.65. The fourth-order valence-corrected chi connectivity index (χ4v) is 3.56. The molecule has 0 saturated heterocycles. The van der Waals surface area contributed by atoms with E-state index in [0.717, 1.165) is 11.6 Å². The van der Waals surface area contributed by atoms with Crippen molar-refractivity contribution in [1.82, 2.24) is 0 Å². The summed E-state index contributed by atoms with van der Waals surface area (Å²) in [6.45, 7) is 1.83. The first-order valence-electron chi connectivity index (χ1n) is 7.86. The third-order valence-corrected chi connectivity index (χ3v) is 5.23. The van der Waals surface area contributed by atoms with Crippen molar-refractivity contribution in [2.75, 3.05) is 4.72 Å². The van der Waals surface area contributed by atoms with E-state index in [1.807, 2.05) is 6.92 Å². The smallest absolute Gasteiger partial charge is 0.262 e. The maximum atomic E-state index is 14.4. The van der Waals surface area contributed by atoms with Gasteiger partial charge < -0.3 is 0 Å². The van der Waals surface area contributed by atoms with Gasteiger partial charge in [-0.3, -0.25) is 9.52 Å². The van der Waals surface area contributed by atoms with Crippen LogP contribution in [0.15, 0.2) is 77.7 Å². The van der Waals surface area contributed by atoms with Gasteiger partial charge in [-0.1, -0.05) is 54.1 Å². The number of anilines is 1. The number of ketones is 1. The molecule has 0 saturated carbocycles. The topological polar surface area (TPSA) is 63.2 Å². The Bertz CT molecular complexity index is 1050. The number of para-hydroxylation sites is 1. The maximum Gasteiger partial charge on any atom is 0.262 e. The average Bonchev–Trinajstić information content (AvgIpc) is 2.64. The highest BCUT2D eigenvalue weighted by Gasteiger charge is 2.22. The Balaban J connectivity index is 2.03. The fourth-order valence-electron chi connectivity index (χ4n) is 2.47. The number of aryl methyl sites for hydroxylation is 1. The molecule has 0 heterocycles. The van der Waals surface area contributed by atoms with Crippen LogP contribution in [0.4, 0.5) is 10.1 Å². The summed E-state index contributed by atoms with van der Waals surface area (Å²) in [5.74, 6) is -1.28. The zero-order valence-corrected chi connectivity index (χ0v) is 14.8. The van der Waals surface area contributed by atoms with Crippen LogP contribution in [0.25, 0.3) is 0 Å². The Morgan fingerprint density at radius 2 is 1.54 bits per heavy atom. The van der Waals surface area contributed by atoms with E-state index in [1.165, 1.54) is 24.3 Å². The lowest BCUT2D eigenvalue weighted by molar-refractivity contribution is 0.103. The minimum atomic E-state index is -4.03. The highest BCUT2D eigenvalue weighted by atomic mass is 32.2. The van der Waals surface area contributed by atoms with E-state index >= 15 is 0 Å². The summed E-state index contributed by atoms with van der Waals surface area (Å²) < 4.78 is 41.7. The van der Waals surface area contributed by atoms with E-state index in [-0.39, 0.29) is 16.1 Å². The van der Waals surface area contributed by atoms with Crippen LogP contribution in [0.5, 0.6) is 0 Å². The van der Waals surface area contributed by atoms with Gasteiger partial charge in [0.25, 0.3) is 10.0 Å². The molecule has 4 nitrogen and oxygen atoms in total. The predicted molar refractivity (Wildman–Crippen MR) is 98.3 cm³/mol. The van der Waals surface area contributed by atoms with Gasteiger partial charge in [0.1, 0.15) is 5.82 Å². The van der Waals surface area contributed by atoms with Crippen molar-refractivity contribution >= 4 is 21.5 Å². The highest BCUT2D eigenvalue weighted by molar-refractivity contribution is 7.92. The van der Waals surface area contributed by atoms with Crippen LogP contribution in [-0.2, 0) is 10.0 Å². The van der Waals surface area contributed by atoms with Crippen LogP contribution in [0.3, 0.4) is 0 Å². The van der Waals surface area contributed by atoms with Crippen molar-refractivity contribution < 1.29 is 17.6 Å². The largest absolute Gasteiger partial charge is 0.289 e. The number of carbonyl (C=O) groups excluding carboxylic acids is 1. The molecule has 0 radical (unpaired) electrons. The molecule has 0 fully saturated rings. The summed E-state index contributed by atoms with van der Waals surface area (Å²) in [4.78, 5) is 12.7. The molecule has 132 valence electrons. The number of sulfonamides is 1. The van der Waals surface area contributed by atoms with Crippen LogP contribution in [0.2, 0.25) is 0 Å². The molecule has 0 atom stereocenters. The summed E-state index contributed by atoms with van der Waals surface area (Å²) in [6, 6.07) is 18.3. The van der Waals surface area contributed by atoms with Gasteiger partial charge in [-0.2, -0.15) is 0 Å². The van der Waals surface area contributed by atoms with Gasteiger partial charge in [0, 0.05) is 11.1 Å². The van der Waals surface area contributed by atoms with Crippen LogP contribution < -0.4 is 4.72 Å². The molecule has 0 aliphatic rings. The molecule has 1 N–H and O–H groups in total. The first-order valence-corrected chi connectivity index (χ1v) is 9.34. The normalized spacial score (nSPS) is 11.2. The minimum absolute atomic E-state index is 0.00976. The Kier molecular flexibility index (Phi) is 4.86. The molecule has 6 heteroatoms. The number of rotatable bonds is 5. The molecule has 0 spiro atoms. The lowest BCUT2D eigenvalue weighted by Crippen LogP contribution is -2.17. The Labute approximate surface area is 151 Å². The number of hydrogen-bond donors (Lipinski definition) is 1.